The zero-order chi connectivity index (χ0) is 10.7. The summed E-state index contributed by atoms with van der Waals surface area (Å²) in [6.07, 6.45) is 4.27. The minimum Gasteiger partial charge on any atom is -0.317 e. The summed E-state index contributed by atoms with van der Waals surface area (Å²) < 4.78 is 2.22. The smallest absolute Gasteiger partial charge is 0.137 e. The number of hydrogen-bond donors (Lipinski definition) is 1. The maximum atomic E-state index is 4.25. The fourth-order valence-corrected chi connectivity index (χ4v) is 2.02. The van der Waals surface area contributed by atoms with Crippen LogP contribution in [0.3, 0.4) is 0 Å². The topological polar surface area (TPSA) is 42.7 Å². The Morgan fingerprint density at radius 1 is 1.60 bits per heavy atom. The molecule has 1 fully saturated rings. The summed E-state index contributed by atoms with van der Waals surface area (Å²) in [5, 5.41) is 11.7. The highest BCUT2D eigenvalue weighted by Crippen LogP contribution is 2.20. The molecule has 0 aromatic carbocycles. The Kier molecular flexibility index (Phi) is 3.36. The molecule has 2 heterocycles. The van der Waals surface area contributed by atoms with Crippen LogP contribution in [0.15, 0.2) is 6.33 Å². The van der Waals surface area contributed by atoms with Gasteiger partial charge in [-0.3, -0.25) is 0 Å². The van der Waals surface area contributed by atoms with Crippen molar-refractivity contribution in [2.24, 2.45) is 5.92 Å². The molecule has 0 spiro atoms. The highest BCUT2D eigenvalue weighted by Gasteiger charge is 2.21. The van der Waals surface area contributed by atoms with Gasteiger partial charge < -0.3 is 9.88 Å². The van der Waals surface area contributed by atoms with E-state index >= 15 is 0 Å². The normalized spacial score (nSPS) is 21.4. The molecule has 0 amide bonds. The molecule has 4 nitrogen and oxygen atoms in total. The first-order valence-electron chi connectivity index (χ1n) is 5.86. The van der Waals surface area contributed by atoms with E-state index in [1.54, 1.807) is 0 Å². The second kappa shape index (κ2) is 4.75. The second-order valence-corrected chi connectivity index (χ2v) is 4.75. The van der Waals surface area contributed by atoms with E-state index in [9.17, 15) is 0 Å². The Labute approximate surface area is 91.1 Å². The summed E-state index contributed by atoms with van der Waals surface area (Å²) in [5.74, 6) is 2.47. The minimum absolute atomic E-state index is 0.569. The fraction of sp³-hybridized carbons (Fsp3) is 0.818. The van der Waals surface area contributed by atoms with Gasteiger partial charge in [0, 0.05) is 19.0 Å². The van der Waals surface area contributed by atoms with Gasteiger partial charge in [-0.2, -0.15) is 0 Å². The van der Waals surface area contributed by atoms with Crippen LogP contribution in [0.5, 0.6) is 0 Å². The highest BCUT2D eigenvalue weighted by molar-refractivity contribution is 5.00. The van der Waals surface area contributed by atoms with Gasteiger partial charge in [-0.1, -0.05) is 13.8 Å². The zero-order valence-electron chi connectivity index (χ0n) is 9.61. The first kappa shape index (κ1) is 10.6. The van der Waals surface area contributed by atoms with Crippen LogP contribution in [-0.4, -0.2) is 27.9 Å². The van der Waals surface area contributed by atoms with Crippen molar-refractivity contribution in [3.63, 3.8) is 0 Å². The number of rotatable bonds is 4. The largest absolute Gasteiger partial charge is 0.317 e. The number of aromatic nitrogens is 3. The third-order valence-electron chi connectivity index (χ3n) is 3.02. The van der Waals surface area contributed by atoms with Crippen molar-refractivity contribution in [2.45, 2.75) is 39.2 Å². The van der Waals surface area contributed by atoms with Crippen molar-refractivity contribution in [3.8, 4) is 0 Å². The maximum Gasteiger partial charge on any atom is 0.137 e. The van der Waals surface area contributed by atoms with Crippen molar-refractivity contribution in [1.82, 2.24) is 20.1 Å². The summed E-state index contributed by atoms with van der Waals surface area (Å²) in [4.78, 5) is 0. The van der Waals surface area contributed by atoms with Crippen LogP contribution in [0.25, 0.3) is 0 Å². The van der Waals surface area contributed by atoms with Gasteiger partial charge in [0.25, 0.3) is 0 Å². The third kappa shape index (κ3) is 2.56. The predicted molar refractivity (Wildman–Crippen MR) is 59.7 cm³/mol. The molecule has 1 saturated heterocycles. The fourth-order valence-electron chi connectivity index (χ4n) is 2.02. The van der Waals surface area contributed by atoms with Gasteiger partial charge in [0.15, 0.2) is 0 Å². The monoisotopic (exact) mass is 208 g/mol. The lowest BCUT2D eigenvalue weighted by Crippen LogP contribution is -2.13. The average Bonchev–Trinajstić information content (AvgIpc) is 2.85. The first-order chi connectivity index (χ1) is 7.27. The van der Waals surface area contributed by atoms with Gasteiger partial charge in [0.1, 0.15) is 12.2 Å². The summed E-state index contributed by atoms with van der Waals surface area (Å²) in [6.45, 7) is 7.72. The number of nitrogens with zero attached hydrogens (tertiary/aromatic N) is 3. The standard InChI is InChI=1S/C11H20N4/c1-9(2)4-6-15-8-13-14-11(15)10-3-5-12-7-10/h8-10,12H,3-7H2,1-2H3. The van der Waals surface area contributed by atoms with Crippen molar-refractivity contribution in [3.05, 3.63) is 12.2 Å². The van der Waals surface area contributed by atoms with E-state index < -0.39 is 0 Å². The SMILES string of the molecule is CC(C)CCn1cnnc1C1CCNC1. The van der Waals surface area contributed by atoms with E-state index in [1.165, 1.54) is 18.7 Å². The van der Waals surface area contributed by atoms with E-state index in [2.05, 4.69) is 33.9 Å². The molecule has 1 aromatic heterocycles. The van der Waals surface area contributed by atoms with Crippen LogP contribution >= 0.6 is 0 Å². The maximum absolute atomic E-state index is 4.25. The summed E-state index contributed by atoms with van der Waals surface area (Å²) in [5.41, 5.74) is 0. The molecule has 1 unspecified atom stereocenters. The lowest BCUT2D eigenvalue weighted by atomic mass is 10.1. The number of aryl methyl sites for hydroxylation is 1. The minimum atomic E-state index is 0.569. The Morgan fingerprint density at radius 3 is 3.13 bits per heavy atom. The van der Waals surface area contributed by atoms with Crippen LogP contribution in [0.4, 0.5) is 0 Å². The molecule has 0 saturated carbocycles. The molecule has 4 heteroatoms. The van der Waals surface area contributed by atoms with Crippen molar-refractivity contribution in [1.29, 1.82) is 0 Å². The van der Waals surface area contributed by atoms with Crippen LogP contribution < -0.4 is 5.32 Å². The van der Waals surface area contributed by atoms with Crippen LogP contribution in [0, 0.1) is 5.92 Å². The van der Waals surface area contributed by atoms with Crippen LogP contribution in [-0.2, 0) is 6.54 Å². The highest BCUT2D eigenvalue weighted by atomic mass is 15.3. The second-order valence-electron chi connectivity index (χ2n) is 4.75. The average molecular weight is 208 g/mol. The molecule has 1 aliphatic rings. The van der Waals surface area contributed by atoms with Gasteiger partial charge >= 0.3 is 0 Å². The molecule has 1 N–H and O–H groups in total. The third-order valence-corrected chi connectivity index (χ3v) is 3.02. The van der Waals surface area contributed by atoms with Gasteiger partial charge in [-0.25, -0.2) is 0 Å². The Bertz CT molecular complexity index is 299. The van der Waals surface area contributed by atoms with Gasteiger partial charge in [0.05, 0.1) is 0 Å². The molecule has 15 heavy (non-hydrogen) atoms. The van der Waals surface area contributed by atoms with Crippen LogP contribution in [0.2, 0.25) is 0 Å². The van der Waals surface area contributed by atoms with Crippen molar-refractivity contribution in [2.75, 3.05) is 13.1 Å². The lowest BCUT2D eigenvalue weighted by Gasteiger charge is -2.11. The molecule has 2 rings (SSSR count). The summed E-state index contributed by atoms with van der Waals surface area (Å²) in [7, 11) is 0. The molecular weight excluding hydrogens is 188 g/mol. The lowest BCUT2D eigenvalue weighted by molar-refractivity contribution is 0.494. The van der Waals surface area contributed by atoms with Crippen molar-refractivity contribution >= 4 is 0 Å². The number of nitrogens with one attached hydrogen (secondary N) is 1. The molecule has 1 atom stereocenters. The number of hydrogen-bond acceptors (Lipinski definition) is 3. The predicted octanol–water partition coefficient (Wildman–Crippen LogP) is 1.40. The van der Waals surface area contributed by atoms with E-state index in [-0.39, 0.29) is 0 Å². The molecular formula is C11H20N4. The molecule has 1 aromatic rings. The van der Waals surface area contributed by atoms with Crippen LogP contribution in [0.1, 0.15) is 38.4 Å². The summed E-state index contributed by atoms with van der Waals surface area (Å²) in [6, 6.07) is 0. The molecule has 0 radical (unpaired) electrons. The molecule has 0 aliphatic carbocycles. The van der Waals surface area contributed by atoms with E-state index in [1.807, 2.05) is 6.33 Å². The Balaban J connectivity index is 2.01. The summed E-state index contributed by atoms with van der Waals surface area (Å²) >= 11 is 0. The van der Waals surface area contributed by atoms with Gasteiger partial charge in [-0.15, -0.1) is 10.2 Å². The van der Waals surface area contributed by atoms with E-state index in [4.69, 9.17) is 0 Å². The Hall–Kier alpha value is -0.900. The zero-order valence-corrected chi connectivity index (χ0v) is 9.61. The Morgan fingerprint density at radius 2 is 2.47 bits per heavy atom. The van der Waals surface area contributed by atoms with E-state index in [0.29, 0.717) is 5.92 Å². The molecule has 0 bridgehead atoms. The molecule has 84 valence electrons. The van der Waals surface area contributed by atoms with Crippen molar-refractivity contribution < 1.29 is 0 Å². The van der Waals surface area contributed by atoms with Gasteiger partial charge in [-0.05, 0) is 25.3 Å². The van der Waals surface area contributed by atoms with Gasteiger partial charge in [0.2, 0.25) is 0 Å². The molecule has 1 aliphatic heterocycles. The quantitative estimate of drug-likeness (QED) is 0.813. The first-order valence-corrected chi connectivity index (χ1v) is 5.86. The van der Waals surface area contributed by atoms with E-state index in [0.717, 1.165) is 25.6 Å².